The number of rotatable bonds is 9. The lowest BCUT2D eigenvalue weighted by Gasteiger charge is -2.13. The van der Waals surface area contributed by atoms with Crippen LogP contribution in [0.4, 0.5) is 0 Å². The third kappa shape index (κ3) is 5.45. The minimum Gasteiger partial charge on any atom is -0.422 e. The number of hydrogen-bond donors (Lipinski definition) is 3. The van der Waals surface area contributed by atoms with Gasteiger partial charge in [-0.05, 0) is 30.2 Å². The van der Waals surface area contributed by atoms with Gasteiger partial charge in [-0.2, -0.15) is 0 Å². The second-order valence-corrected chi connectivity index (χ2v) is 11.3. The highest BCUT2D eigenvalue weighted by atomic mass is 32.2. The van der Waals surface area contributed by atoms with Gasteiger partial charge in [0.25, 0.3) is 0 Å². The SMILES string of the molecule is CC(O)CS(=O)(=O)C(c1nnc(CN[SH](=O)=O)o1)c1nc2ccc(-c3ccccc3)cc2s1. The molecule has 0 amide bonds. The van der Waals surface area contributed by atoms with Gasteiger partial charge in [0.15, 0.2) is 15.1 Å². The number of aliphatic hydroxyl groups excluding tert-OH is 1. The fourth-order valence-electron chi connectivity index (χ4n) is 3.29. The summed E-state index contributed by atoms with van der Waals surface area (Å²) >= 11 is 1.18. The lowest BCUT2D eigenvalue weighted by molar-refractivity contribution is 0.217. The lowest BCUT2D eigenvalue weighted by Crippen LogP contribution is -2.24. The first kappa shape index (κ1) is 23.4. The summed E-state index contributed by atoms with van der Waals surface area (Å²) in [6.45, 7) is 1.10. The van der Waals surface area contributed by atoms with Crippen LogP contribution >= 0.6 is 11.3 Å². The Bertz CT molecular complexity index is 1440. The second kappa shape index (κ2) is 9.65. The second-order valence-electron chi connectivity index (χ2n) is 7.29. The Morgan fingerprint density at radius 2 is 1.88 bits per heavy atom. The van der Waals surface area contributed by atoms with Crippen LogP contribution in [0.15, 0.2) is 52.9 Å². The summed E-state index contributed by atoms with van der Waals surface area (Å²) in [6.07, 6.45) is -1.12. The van der Waals surface area contributed by atoms with Crippen molar-refractivity contribution < 1.29 is 26.4 Å². The predicted octanol–water partition coefficient (Wildman–Crippen LogP) is 1.85. The van der Waals surface area contributed by atoms with Crippen molar-refractivity contribution >= 4 is 42.3 Å². The van der Waals surface area contributed by atoms with Gasteiger partial charge >= 0.3 is 0 Å². The molecule has 10 nitrogen and oxygen atoms in total. The largest absolute Gasteiger partial charge is 0.422 e. The summed E-state index contributed by atoms with van der Waals surface area (Å²) in [6, 6.07) is 15.4. The van der Waals surface area contributed by atoms with Crippen LogP contribution in [-0.2, 0) is 27.3 Å². The molecular formula is C20H20N4O6S3. The lowest BCUT2D eigenvalue weighted by atomic mass is 10.1. The van der Waals surface area contributed by atoms with Crippen molar-refractivity contribution in [3.63, 3.8) is 0 Å². The molecule has 0 saturated heterocycles. The Hall–Kier alpha value is -2.71. The Labute approximate surface area is 195 Å². The fourth-order valence-corrected chi connectivity index (χ4v) is 6.74. The molecule has 0 bridgehead atoms. The third-order valence-corrected chi connectivity index (χ3v) is 8.37. The Morgan fingerprint density at radius 1 is 1.12 bits per heavy atom. The molecule has 0 aliphatic carbocycles. The summed E-state index contributed by atoms with van der Waals surface area (Å²) < 4.78 is 56.2. The Balaban J connectivity index is 1.77. The Kier molecular flexibility index (Phi) is 6.86. The van der Waals surface area contributed by atoms with Crippen molar-refractivity contribution in [2.45, 2.75) is 24.8 Å². The number of hydrogen-bond acceptors (Lipinski definition) is 10. The van der Waals surface area contributed by atoms with Crippen molar-refractivity contribution in [3.05, 3.63) is 65.3 Å². The van der Waals surface area contributed by atoms with Crippen molar-refractivity contribution in [2.24, 2.45) is 0 Å². The van der Waals surface area contributed by atoms with E-state index in [1.54, 1.807) is 0 Å². The molecule has 0 saturated carbocycles. The molecule has 0 aliphatic rings. The van der Waals surface area contributed by atoms with Crippen LogP contribution in [0.5, 0.6) is 0 Å². The highest BCUT2D eigenvalue weighted by Crippen LogP contribution is 2.37. The quantitative estimate of drug-likeness (QED) is 0.288. The smallest absolute Gasteiger partial charge is 0.241 e. The van der Waals surface area contributed by atoms with Crippen molar-refractivity contribution in [1.29, 1.82) is 0 Å². The van der Waals surface area contributed by atoms with E-state index in [2.05, 4.69) is 19.9 Å². The maximum Gasteiger partial charge on any atom is 0.241 e. The molecule has 4 aromatic rings. The van der Waals surface area contributed by atoms with Gasteiger partial charge in [0.2, 0.25) is 22.7 Å². The van der Waals surface area contributed by atoms with Crippen LogP contribution in [0.3, 0.4) is 0 Å². The summed E-state index contributed by atoms with van der Waals surface area (Å²) in [5, 5.41) is 16.1. The van der Waals surface area contributed by atoms with Crippen molar-refractivity contribution in [3.8, 4) is 11.1 Å². The molecule has 0 radical (unpaired) electrons. The van der Waals surface area contributed by atoms with E-state index in [4.69, 9.17) is 4.42 Å². The fraction of sp³-hybridized carbons (Fsp3) is 0.250. The van der Waals surface area contributed by atoms with Crippen molar-refractivity contribution in [2.75, 3.05) is 5.75 Å². The molecule has 4 rings (SSSR count). The van der Waals surface area contributed by atoms with E-state index in [1.807, 2.05) is 48.5 Å². The van der Waals surface area contributed by atoms with Crippen LogP contribution in [0, 0.1) is 0 Å². The molecule has 0 fully saturated rings. The zero-order valence-corrected chi connectivity index (χ0v) is 19.8. The number of benzene rings is 2. The van der Waals surface area contributed by atoms with E-state index in [-0.39, 0.29) is 23.3 Å². The van der Waals surface area contributed by atoms with E-state index in [0.717, 1.165) is 15.8 Å². The molecule has 2 atom stereocenters. The topological polar surface area (TPSA) is 152 Å². The van der Waals surface area contributed by atoms with E-state index in [9.17, 15) is 21.9 Å². The monoisotopic (exact) mass is 508 g/mol. The van der Waals surface area contributed by atoms with Crippen LogP contribution < -0.4 is 4.72 Å². The van der Waals surface area contributed by atoms with Gasteiger partial charge in [0.05, 0.1) is 28.6 Å². The summed E-state index contributed by atoms with van der Waals surface area (Å²) in [5.74, 6) is -0.865. The normalized spacial score (nSPS) is 14.0. The molecule has 174 valence electrons. The van der Waals surface area contributed by atoms with Crippen LogP contribution in [-0.4, -0.2) is 49.0 Å². The molecule has 0 aliphatic heterocycles. The molecular weight excluding hydrogens is 488 g/mol. The number of sulfone groups is 1. The van der Waals surface area contributed by atoms with Crippen molar-refractivity contribution in [1.82, 2.24) is 19.9 Å². The summed E-state index contributed by atoms with van der Waals surface area (Å²) in [4.78, 5) is 4.50. The number of aromatic nitrogens is 3. The van der Waals surface area contributed by atoms with E-state index >= 15 is 0 Å². The van der Waals surface area contributed by atoms with Gasteiger partial charge in [0, 0.05) is 0 Å². The minimum absolute atomic E-state index is 0.0890. The highest BCUT2D eigenvalue weighted by molar-refractivity contribution is 7.92. The van der Waals surface area contributed by atoms with Gasteiger partial charge in [-0.1, -0.05) is 36.4 Å². The standard InChI is InChI=1S/C20H20N4O6S3/c1-12(25)11-33(28,29)18(19-24-23-17(30-19)10-21-32(26)27)20-22-15-8-7-14(9-16(15)31-20)13-5-3-2-4-6-13/h2-9,12,18,25,32H,10-11H2,1H3,(H,21,26,27). The number of aliphatic hydroxyl groups is 1. The van der Waals surface area contributed by atoms with Gasteiger partial charge in [0.1, 0.15) is 5.01 Å². The molecule has 2 heterocycles. The molecule has 33 heavy (non-hydrogen) atoms. The first-order valence-electron chi connectivity index (χ1n) is 9.78. The summed E-state index contributed by atoms with van der Waals surface area (Å²) in [5.41, 5.74) is 2.58. The first-order chi connectivity index (χ1) is 15.7. The van der Waals surface area contributed by atoms with Gasteiger partial charge in [-0.3, -0.25) is 0 Å². The number of nitrogens with zero attached hydrogens (tertiary/aromatic N) is 3. The third-order valence-electron chi connectivity index (χ3n) is 4.64. The predicted molar refractivity (Wildman–Crippen MR) is 124 cm³/mol. The van der Waals surface area contributed by atoms with Crippen LogP contribution in [0.25, 0.3) is 21.3 Å². The first-order valence-corrected chi connectivity index (χ1v) is 13.5. The van der Waals surface area contributed by atoms with Gasteiger partial charge in [-0.25, -0.2) is 26.5 Å². The maximum absolute atomic E-state index is 13.1. The number of thiol groups is 1. The number of thiazole rings is 1. The van der Waals surface area contributed by atoms with Crippen LogP contribution in [0.2, 0.25) is 0 Å². The van der Waals surface area contributed by atoms with Gasteiger partial charge in [-0.15, -0.1) is 21.5 Å². The molecule has 2 unspecified atom stereocenters. The number of nitrogens with one attached hydrogen (secondary N) is 1. The average molecular weight is 509 g/mol. The Morgan fingerprint density at radius 3 is 2.58 bits per heavy atom. The average Bonchev–Trinajstić information content (AvgIpc) is 3.38. The van der Waals surface area contributed by atoms with E-state index < -0.39 is 37.8 Å². The maximum atomic E-state index is 13.1. The zero-order chi connectivity index (χ0) is 23.6. The minimum atomic E-state index is -3.99. The van der Waals surface area contributed by atoms with Crippen LogP contribution in [0.1, 0.15) is 29.0 Å². The number of fused-ring (bicyclic) bond motifs is 1. The van der Waals surface area contributed by atoms with Gasteiger partial charge < -0.3 is 9.52 Å². The van der Waals surface area contributed by atoms with E-state index in [1.165, 1.54) is 18.3 Å². The summed E-state index contributed by atoms with van der Waals surface area (Å²) in [7, 11) is -6.88. The van der Waals surface area contributed by atoms with E-state index in [0.29, 0.717) is 5.52 Å². The molecule has 2 aromatic carbocycles. The molecule has 2 aromatic heterocycles. The molecule has 2 N–H and O–H groups in total. The highest BCUT2D eigenvalue weighted by Gasteiger charge is 2.37. The molecule has 0 spiro atoms. The molecule has 13 heteroatoms. The zero-order valence-electron chi connectivity index (χ0n) is 17.3.